The highest BCUT2D eigenvalue weighted by Gasteiger charge is 2.02. The van der Waals surface area contributed by atoms with E-state index in [1.807, 2.05) is 0 Å². The normalized spacial score (nSPS) is 11.8. The molecule has 0 saturated carbocycles. The quantitative estimate of drug-likeness (QED) is 0.511. The number of hydrogen-bond acceptors (Lipinski definition) is 1. The van der Waals surface area contributed by atoms with Crippen LogP contribution in [-0.4, -0.2) is 4.89 Å². The SMILES string of the molecule is O=P(O)(Cl)Cl. The molecule has 1 N–H and O–H groups in total. The summed E-state index contributed by atoms with van der Waals surface area (Å²) in [6.45, 7) is 0. The van der Waals surface area contributed by atoms with Gasteiger partial charge in [0.15, 0.2) is 0 Å². The fraction of sp³-hybridized carbons (Fsp3) is 0. The summed E-state index contributed by atoms with van der Waals surface area (Å²) in [5.41, 5.74) is 0. The molecule has 0 fully saturated rings. The summed E-state index contributed by atoms with van der Waals surface area (Å²) in [4.78, 5) is 7.61. The summed E-state index contributed by atoms with van der Waals surface area (Å²) in [5.74, 6) is 0. The lowest BCUT2D eigenvalue weighted by molar-refractivity contribution is 0.512. The van der Waals surface area contributed by atoms with Crippen molar-refractivity contribution >= 4 is 28.6 Å². The molecule has 0 atom stereocenters. The fourth-order valence-electron chi connectivity index (χ4n) is 0. The molecule has 0 aromatic heterocycles. The third-order valence-electron chi connectivity index (χ3n) is 0. The summed E-state index contributed by atoms with van der Waals surface area (Å²) in [6, 6.07) is 0. The summed E-state index contributed by atoms with van der Waals surface area (Å²) >= 11 is 8.81. The van der Waals surface area contributed by atoms with E-state index in [1.165, 1.54) is 0 Å². The Morgan fingerprint density at radius 1 is 1.60 bits per heavy atom. The predicted octanol–water partition coefficient (Wildman–Crippen LogP) is 1.56. The number of rotatable bonds is 0. The molecule has 0 saturated heterocycles. The zero-order valence-electron chi connectivity index (χ0n) is 2.06. The van der Waals surface area contributed by atoms with Crippen molar-refractivity contribution in [3.05, 3.63) is 0 Å². The molecule has 0 rings (SSSR count). The first-order chi connectivity index (χ1) is 2.00. The number of hydrogen-bond donors (Lipinski definition) is 1. The van der Waals surface area contributed by atoms with E-state index in [1.54, 1.807) is 0 Å². The Balaban J connectivity index is 3.47. The second kappa shape index (κ2) is 1.48. The minimum Gasteiger partial charge on any atom is -0.322 e. The molecule has 0 aliphatic heterocycles. The lowest BCUT2D eigenvalue weighted by Gasteiger charge is -1.77. The van der Waals surface area contributed by atoms with E-state index in [2.05, 4.69) is 22.5 Å². The molecule has 0 radical (unpaired) electrons. The van der Waals surface area contributed by atoms with E-state index >= 15 is 0 Å². The molecule has 0 aliphatic carbocycles. The first kappa shape index (κ1) is 5.77. The Morgan fingerprint density at radius 3 is 1.60 bits per heavy atom. The minimum absolute atomic E-state index is 3.69. The molecule has 0 bridgehead atoms. The Morgan fingerprint density at radius 2 is 1.60 bits per heavy atom. The highest BCUT2D eigenvalue weighted by atomic mass is 35.9. The van der Waals surface area contributed by atoms with E-state index in [4.69, 9.17) is 4.89 Å². The molecular formula is HCl2O2P. The number of halogens is 2. The third-order valence-corrected chi connectivity index (χ3v) is 0. The maximum Gasteiger partial charge on any atom is 0.377 e. The molecule has 0 aromatic carbocycles. The largest absolute Gasteiger partial charge is 0.377 e. The van der Waals surface area contributed by atoms with Gasteiger partial charge >= 0.3 is 6.07 Å². The predicted molar refractivity (Wildman–Crippen MR) is 21.5 cm³/mol. The van der Waals surface area contributed by atoms with Crippen LogP contribution in [0.1, 0.15) is 0 Å². The van der Waals surface area contributed by atoms with Gasteiger partial charge in [-0.05, 0) is 22.5 Å². The Kier molecular flexibility index (Phi) is 1.71. The van der Waals surface area contributed by atoms with Crippen molar-refractivity contribution in [3.63, 3.8) is 0 Å². The van der Waals surface area contributed by atoms with Gasteiger partial charge < -0.3 is 4.89 Å². The van der Waals surface area contributed by atoms with Crippen LogP contribution in [0.25, 0.3) is 0 Å². The van der Waals surface area contributed by atoms with E-state index in [0.29, 0.717) is 0 Å². The smallest absolute Gasteiger partial charge is 0.322 e. The fourth-order valence-corrected chi connectivity index (χ4v) is 0. The maximum absolute atomic E-state index is 9.30. The zero-order chi connectivity index (χ0) is 4.50. The lowest BCUT2D eigenvalue weighted by Crippen LogP contribution is -1.39. The molecule has 32 valence electrons. The van der Waals surface area contributed by atoms with Gasteiger partial charge in [-0.15, -0.1) is 0 Å². The van der Waals surface area contributed by atoms with Gasteiger partial charge in [-0.25, -0.2) is 0 Å². The van der Waals surface area contributed by atoms with Crippen molar-refractivity contribution in [3.8, 4) is 0 Å². The first-order valence-corrected chi connectivity index (χ1v) is 4.19. The first-order valence-electron chi connectivity index (χ1n) is 0.721. The van der Waals surface area contributed by atoms with Gasteiger partial charge in [0.05, 0.1) is 0 Å². The summed E-state index contributed by atoms with van der Waals surface area (Å²) < 4.78 is 9.30. The Bertz CT molecular complexity index is 53.8. The van der Waals surface area contributed by atoms with Gasteiger partial charge in [0, 0.05) is 0 Å². The summed E-state index contributed by atoms with van der Waals surface area (Å²) in [7, 11) is 0. The molecule has 0 aromatic rings. The highest BCUT2D eigenvalue weighted by molar-refractivity contribution is 8.04. The summed E-state index contributed by atoms with van der Waals surface area (Å²) in [5, 5.41) is 0. The van der Waals surface area contributed by atoms with Crippen molar-refractivity contribution in [2.45, 2.75) is 0 Å². The minimum atomic E-state index is -3.69. The maximum atomic E-state index is 9.30. The van der Waals surface area contributed by atoms with Gasteiger partial charge in [0.2, 0.25) is 0 Å². The van der Waals surface area contributed by atoms with Crippen LogP contribution in [0.3, 0.4) is 0 Å². The van der Waals surface area contributed by atoms with E-state index in [0.717, 1.165) is 0 Å². The van der Waals surface area contributed by atoms with Crippen LogP contribution in [0.5, 0.6) is 0 Å². The van der Waals surface area contributed by atoms with Gasteiger partial charge in [-0.1, -0.05) is 0 Å². The van der Waals surface area contributed by atoms with Crippen molar-refractivity contribution in [1.82, 2.24) is 0 Å². The van der Waals surface area contributed by atoms with Crippen LogP contribution in [-0.2, 0) is 4.57 Å². The zero-order valence-corrected chi connectivity index (χ0v) is 4.46. The van der Waals surface area contributed by atoms with Crippen molar-refractivity contribution in [1.29, 1.82) is 0 Å². The van der Waals surface area contributed by atoms with E-state index < -0.39 is 6.07 Å². The highest BCUT2D eigenvalue weighted by Crippen LogP contribution is 2.51. The van der Waals surface area contributed by atoms with Crippen LogP contribution in [0, 0.1) is 0 Å². The second-order valence-electron chi connectivity index (χ2n) is 0.435. The molecular weight excluding hydrogens is 134 g/mol. The Labute approximate surface area is 38.7 Å². The average Bonchev–Trinajstić information content (AvgIpc) is 0.722. The molecule has 5 heavy (non-hydrogen) atoms. The van der Waals surface area contributed by atoms with Gasteiger partial charge in [-0.2, -0.15) is 0 Å². The molecule has 2 nitrogen and oxygen atoms in total. The molecule has 0 spiro atoms. The van der Waals surface area contributed by atoms with E-state index in [-0.39, 0.29) is 0 Å². The lowest BCUT2D eigenvalue weighted by atomic mass is 15.9. The van der Waals surface area contributed by atoms with Crippen molar-refractivity contribution in [2.24, 2.45) is 0 Å². The van der Waals surface area contributed by atoms with Gasteiger partial charge in [0.25, 0.3) is 0 Å². The van der Waals surface area contributed by atoms with Crippen molar-refractivity contribution in [2.75, 3.05) is 0 Å². The standard InChI is InChI=1S/Cl2HO2P/c1-5(2,3)4/h(H,3,4). The van der Waals surface area contributed by atoms with Crippen LogP contribution >= 0.6 is 28.6 Å². The van der Waals surface area contributed by atoms with Gasteiger partial charge in [-0.3, -0.25) is 4.57 Å². The van der Waals surface area contributed by atoms with Crippen LogP contribution in [0.2, 0.25) is 0 Å². The molecule has 5 heteroatoms. The van der Waals surface area contributed by atoms with Crippen LogP contribution in [0.4, 0.5) is 0 Å². The topological polar surface area (TPSA) is 37.3 Å². The third kappa shape index (κ3) is 61.7. The molecule has 0 amide bonds. The van der Waals surface area contributed by atoms with Crippen LogP contribution in [0.15, 0.2) is 0 Å². The van der Waals surface area contributed by atoms with Crippen molar-refractivity contribution < 1.29 is 9.46 Å². The van der Waals surface area contributed by atoms with Crippen LogP contribution < -0.4 is 0 Å². The second-order valence-corrected chi connectivity index (χ2v) is 4.57. The molecule has 0 heterocycles. The van der Waals surface area contributed by atoms with E-state index in [9.17, 15) is 4.57 Å². The molecule has 0 unspecified atom stereocenters. The summed E-state index contributed by atoms with van der Waals surface area (Å²) in [6.07, 6.45) is -3.69. The average molecular weight is 135 g/mol. The monoisotopic (exact) mass is 134 g/mol. The molecule has 0 aliphatic rings. The van der Waals surface area contributed by atoms with Gasteiger partial charge in [0.1, 0.15) is 0 Å². The Hall–Kier alpha value is 0.770.